The predicted molar refractivity (Wildman–Crippen MR) is 80.4 cm³/mol. The van der Waals surface area contributed by atoms with Crippen LogP contribution >= 0.6 is 0 Å². The summed E-state index contributed by atoms with van der Waals surface area (Å²) < 4.78 is 0. The molecule has 0 bridgehead atoms. The summed E-state index contributed by atoms with van der Waals surface area (Å²) >= 11 is 0. The fourth-order valence-corrected chi connectivity index (χ4v) is 3.73. The summed E-state index contributed by atoms with van der Waals surface area (Å²) in [5.41, 5.74) is 4.72. The van der Waals surface area contributed by atoms with E-state index in [2.05, 4.69) is 35.5 Å². The van der Waals surface area contributed by atoms with Crippen molar-refractivity contribution >= 4 is 0 Å². The Morgan fingerprint density at radius 1 is 1.21 bits per heavy atom. The van der Waals surface area contributed by atoms with E-state index in [1.807, 2.05) is 0 Å². The molecule has 0 radical (unpaired) electrons. The molecule has 1 atom stereocenters. The molecule has 0 spiro atoms. The second kappa shape index (κ2) is 6.06. The average molecular weight is 258 g/mol. The molecule has 2 heteroatoms. The maximum absolute atomic E-state index is 3.33. The smallest absolute Gasteiger partial charge is 0.0233 e. The third kappa shape index (κ3) is 3.18. The van der Waals surface area contributed by atoms with Gasteiger partial charge in [-0.05, 0) is 74.8 Å². The molecule has 1 aliphatic carbocycles. The molecule has 1 aliphatic heterocycles. The number of hydrogen-bond donors (Lipinski definition) is 1. The summed E-state index contributed by atoms with van der Waals surface area (Å²) in [7, 11) is 2.07. The Hall–Kier alpha value is -0.860. The van der Waals surface area contributed by atoms with Gasteiger partial charge < -0.3 is 5.32 Å². The number of hydrogen-bond acceptors (Lipinski definition) is 2. The van der Waals surface area contributed by atoms with Crippen LogP contribution in [0.5, 0.6) is 0 Å². The number of rotatable bonds is 4. The van der Waals surface area contributed by atoms with E-state index in [0.29, 0.717) is 0 Å². The molecule has 2 aliphatic rings. The van der Waals surface area contributed by atoms with E-state index in [1.165, 1.54) is 57.3 Å². The van der Waals surface area contributed by atoms with Crippen molar-refractivity contribution in [2.24, 2.45) is 5.92 Å². The fourth-order valence-electron chi connectivity index (χ4n) is 3.73. The summed E-state index contributed by atoms with van der Waals surface area (Å²) in [4.78, 5) is 2.64. The third-order valence-electron chi connectivity index (χ3n) is 4.66. The van der Waals surface area contributed by atoms with E-state index in [1.54, 1.807) is 11.1 Å². The molecule has 0 saturated carbocycles. The number of piperidine rings is 1. The lowest BCUT2D eigenvalue weighted by Gasteiger charge is -2.32. The van der Waals surface area contributed by atoms with Gasteiger partial charge in [-0.3, -0.25) is 4.90 Å². The molecular formula is C17H26N2. The summed E-state index contributed by atoms with van der Waals surface area (Å²) in [6.45, 7) is 4.85. The van der Waals surface area contributed by atoms with Crippen LogP contribution in [0, 0.1) is 5.92 Å². The lowest BCUT2D eigenvalue weighted by molar-refractivity contribution is 0.167. The Balaban J connectivity index is 1.61. The minimum atomic E-state index is 0.841. The van der Waals surface area contributed by atoms with Crippen LogP contribution in [-0.2, 0) is 19.4 Å². The Kier molecular flexibility index (Phi) is 4.19. The molecule has 1 N–H and O–H groups in total. The summed E-state index contributed by atoms with van der Waals surface area (Å²) in [5.74, 6) is 0.841. The standard InChI is InChI=1S/C17H26N2/c1-18-11-15-4-3-9-19(13-15)12-14-7-8-16-5-2-6-17(16)10-14/h7-8,10,15,18H,2-6,9,11-13H2,1H3. The largest absolute Gasteiger partial charge is 0.319 e. The molecule has 1 unspecified atom stereocenters. The van der Waals surface area contributed by atoms with Crippen molar-refractivity contribution in [2.45, 2.75) is 38.6 Å². The van der Waals surface area contributed by atoms with Crippen LogP contribution in [-0.4, -0.2) is 31.6 Å². The highest BCUT2D eigenvalue weighted by Crippen LogP contribution is 2.24. The van der Waals surface area contributed by atoms with Gasteiger partial charge in [0.25, 0.3) is 0 Å². The average Bonchev–Trinajstić information content (AvgIpc) is 2.87. The van der Waals surface area contributed by atoms with Gasteiger partial charge in [-0.2, -0.15) is 0 Å². The number of likely N-dealkylation sites (tertiary alicyclic amines) is 1. The molecule has 1 saturated heterocycles. The van der Waals surface area contributed by atoms with Crippen LogP contribution < -0.4 is 5.32 Å². The van der Waals surface area contributed by atoms with Crippen molar-refractivity contribution in [1.29, 1.82) is 0 Å². The number of fused-ring (bicyclic) bond motifs is 1. The van der Waals surface area contributed by atoms with E-state index in [-0.39, 0.29) is 0 Å². The first kappa shape index (κ1) is 13.1. The summed E-state index contributed by atoms with van der Waals surface area (Å²) in [5, 5.41) is 3.33. The first-order valence-electron chi connectivity index (χ1n) is 7.83. The normalized spacial score (nSPS) is 23.5. The molecule has 104 valence electrons. The lowest BCUT2D eigenvalue weighted by atomic mass is 9.97. The SMILES string of the molecule is CNCC1CCCN(Cc2ccc3c(c2)CCC3)C1. The van der Waals surface area contributed by atoms with E-state index in [0.717, 1.165) is 12.5 Å². The first-order valence-corrected chi connectivity index (χ1v) is 7.83. The van der Waals surface area contributed by atoms with Gasteiger partial charge in [0.15, 0.2) is 0 Å². The van der Waals surface area contributed by atoms with Crippen LogP contribution in [0.2, 0.25) is 0 Å². The van der Waals surface area contributed by atoms with Gasteiger partial charge in [0, 0.05) is 13.1 Å². The zero-order valence-corrected chi connectivity index (χ0v) is 12.1. The predicted octanol–water partition coefficient (Wildman–Crippen LogP) is 2.61. The molecular weight excluding hydrogens is 232 g/mol. The zero-order valence-electron chi connectivity index (χ0n) is 12.1. The number of nitrogens with one attached hydrogen (secondary N) is 1. The number of benzene rings is 1. The van der Waals surface area contributed by atoms with Crippen LogP contribution in [0.1, 0.15) is 36.0 Å². The van der Waals surface area contributed by atoms with E-state index in [4.69, 9.17) is 0 Å². The van der Waals surface area contributed by atoms with Crippen LogP contribution in [0.4, 0.5) is 0 Å². The molecule has 1 heterocycles. The lowest BCUT2D eigenvalue weighted by Crippen LogP contribution is -2.38. The second-order valence-corrected chi connectivity index (χ2v) is 6.26. The monoisotopic (exact) mass is 258 g/mol. The minimum absolute atomic E-state index is 0.841. The minimum Gasteiger partial charge on any atom is -0.319 e. The van der Waals surface area contributed by atoms with E-state index < -0.39 is 0 Å². The second-order valence-electron chi connectivity index (χ2n) is 6.26. The topological polar surface area (TPSA) is 15.3 Å². The van der Waals surface area contributed by atoms with Crippen molar-refractivity contribution in [3.63, 3.8) is 0 Å². The zero-order chi connectivity index (χ0) is 13.1. The molecule has 2 nitrogen and oxygen atoms in total. The van der Waals surface area contributed by atoms with E-state index >= 15 is 0 Å². The molecule has 0 amide bonds. The molecule has 1 aromatic rings. The van der Waals surface area contributed by atoms with Gasteiger partial charge in [-0.1, -0.05) is 18.2 Å². The maximum Gasteiger partial charge on any atom is 0.0233 e. The van der Waals surface area contributed by atoms with Gasteiger partial charge in [0.1, 0.15) is 0 Å². The number of aryl methyl sites for hydroxylation is 2. The molecule has 1 aromatic carbocycles. The maximum atomic E-state index is 3.33. The van der Waals surface area contributed by atoms with Crippen LogP contribution in [0.15, 0.2) is 18.2 Å². The van der Waals surface area contributed by atoms with Crippen LogP contribution in [0.3, 0.4) is 0 Å². The van der Waals surface area contributed by atoms with Gasteiger partial charge in [-0.15, -0.1) is 0 Å². The quantitative estimate of drug-likeness (QED) is 0.893. The molecule has 0 aromatic heterocycles. The van der Waals surface area contributed by atoms with Gasteiger partial charge >= 0.3 is 0 Å². The fraction of sp³-hybridized carbons (Fsp3) is 0.647. The van der Waals surface area contributed by atoms with Crippen molar-refractivity contribution in [3.8, 4) is 0 Å². The van der Waals surface area contributed by atoms with Crippen molar-refractivity contribution in [3.05, 3.63) is 34.9 Å². The van der Waals surface area contributed by atoms with Gasteiger partial charge in [-0.25, -0.2) is 0 Å². The highest BCUT2D eigenvalue weighted by Gasteiger charge is 2.19. The van der Waals surface area contributed by atoms with Crippen LogP contribution in [0.25, 0.3) is 0 Å². The van der Waals surface area contributed by atoms with Crippen molar-refractivity contribution in [2.75, 3.05) is 26.7 Å². The first-order chi connectivity index (χ1) is 9.35. The highest BCUT2D eigenvalue weighted by molar-refractivity contribution is 5.35. The molecule has 3 rings (SSSR count). The number of nitrogens with zero attached hydrogens (tertiary/aromatic N) is 1. The third-order valence-corrected chi connectivity index (χ3v) is 4.66. The Morgan fingerprint density at radius 2 is 2.11 bits per heavy atom. The van der Waals surface area contributed by atoms with Crippen molar-refractivity contribution in [1.82, 2.24) is 10.2 Å². The highest BCUT2D eigenvalue weighted by atomic mass is 15.1. The Bertz CT molecular complexity index is 425. The molecule has 1 fully saturated rings. The van der Waals surface area contributed by atoms with Crippen molar-refractivity contribution < 1.29 is 0 Å². The molecule has 19 heavy (non-hydrogen) atoms. The summed E-state index contributed by atoms with van der Waals surface area (Å²) in [6.07, 6.45) is 6.70. The van der Waals surface area contributed by atoms with Gasteiger partial charge in [0.05, 0.1) is 0 Å². The Morgan fingerprint density at radius 3 is 3.00 bits per heavy atom. The van der Waals surface area contributed by atoms with E-state index in [9.17, 15) is 0 Å². The van der Waals surface area contributed by atoms with Gasteiger partial charge in [0.2, 0.25) is 0 Å². The Labute approximate surface area is 117 Å². The summed E-state index contributed by atoms with van der Waals surface area (Å²) in [6, 6.07) is 7.18.